The zero-order valence-electron chi connectivity index (χ0n) is 12.6. The summed E-state index contributed by atoms with van der Waals surface area (Å²) < 4.78 is 6.19. The lowest BCUT2D eigenvalue weighted by Gasteiger charge is -2.61. The molecule has 1 fully saturated rings. The van der Waals surface area contributed by atoms with Crippen LogP contribution in [0.5, 0.6) is 5.75 Å². The Kier molecular flexibility index (Phi) is 3.52. The molecule has 0 radical (unpaired) electrons. The molecule has 1 aliphatic carbocycles. The van der Waals surface area contributed by atoms with Gasteiger partial charge in [0.25, 0.3) is 0 Å². The summed E-state index contributed by atoms with van der Waals surface area (Å²) in [6, 6.07) is 5.68. The Balaban J connectivity index is 2.33. The van der Waals surface area contributed by atoms with E-state index in [0.29, 0.717) is 10.6 Å². The lowest BCUT2D eigenvalue weighted by Crippen LogP contribution is -2.73. The standard InChI is InChI=1S/C16H21ClN2O/c1-9-11(7-6-10(8-18)12(9)17)20-14-15(2,3)13(19)16(14,4)5/h6-7,13-14H,19H2,1-5H3. The lowest BCUT2D eigenvalue weighted by atomic mass is 9.50. The normalized spacial score (nSPS) is 26.5. The average molecular weight is 293 g/mol. The van der Waals surface area contributed by atoms with Crippen LogP contribution in [0.25, 0.3) is 0 Å². The van der Waals surface area contributed by atoms with Gasteiger partial charge in [0.15, 0.2) is 0 Å². The van der Waals surface area contributed by atoms with E-state index >= 15 is 0 Å². The van der Waals surface area contributed by atoms with Crippen molar-refractivity contribution in [2.45, 2.75) is 46.8 Å². The van der Waals surface area contributed by atoms with Crippen LogP contribution in [0.3, 0.4) is 0 Å². The molecule has 1 aliphatic rings. The van der Waals surface area contributed by atoms with Gasteiger partial charge in [-0.1, -0.05) is 39.3 Å². The fourth-order valence-corrected chi connectivity index (χ4v) is 3.66. The van der Waals surface area contributed by atoms with Gasteiger partial charge < -0.3 is 10.5 Å². The van der Waals surface area contributed by atoms with Crippen LogP contribution >= 0.6 is 11.6 Å². The van der Waals surface area contributed by atoms with E-state index in [-0.39, 0.29) is 23.0 Å². The van der Waals surface area contributed by atoms with Gasteiger partial charge >= 0.3 is 0 Å². The molecule has 108 valence electrons. The Morgan fingerprint density at radius 2 is 1.80 bits per heavy atom. The van der Waals surface area contributed by atoms with E-state index in [0.717, 1.165) is 11.3 Å². The number of nitriles is 1. The summed E-state index contributed by atoms with van der Waals surface area (Å²) in [7, 11) is 0. The van der Waals surface area contributed by atoms with E-state index in [1.807, 2.05) is 13.0 Å². The maximum absolute atomic E-state index is 8.98. The van der Waals surface area contributed by atoms with Gasteiger partial charge in [0, 0.05) is 22.4 Å². The first-order valence-electron chi connectivity index (χ1n) is 6.75. The predicted octanol–water partition coefficient (Wildman–Crippen LogP) is 3.66. The molecule has 2 rings (SSSR count). The monoisotopic (exact) mass is 292 g/mol. The van der Waals surface area contributed by atoms with Crippen molar-refractivity contribution in [3.05, 3.63) is 28.3 Å². The minimum absolute atomic E-state index is 0.0210. The van der Waals surface area contributed by atoms with Gasteiger partial charge in [-0.15, -0.1) is 0 Å². The Hall–Kier alpha value is -1.24. The zero-order valence-corrected chi connectivity index (χ0v) is 13.4. The molecule has 0 spiro atoms. The van der Waals surface area contributed by atoms with Crippen molar-refractivity contribution in [1.82, 2.24) is 0 Å². The first kappa shape index (κ1) is 15.2. The van der Waals surface area contributed by atoms with E-state index in [1.165, 1.54) is 0 Å². The quantitative estimate of drug-likeness (QED) is 0.905. The number of nitrogens with zero attached hydrogens (tertiary/aromatic N) is 1. The smallest absolute Gasteiger partial charge is 0.124 e. The van der Waals surface area contributed by atoms with Crippen LogP contribution in [0.4, 0.5) is 0 Å². The molecule has 4 heteroatoms. The molecule has 1 aromatic carbocycles. The highest BCUT2D eigenvalue weighted by Crippen LogP contribution is 2.54. The highest BCUT2D eigenvalue weighted by molar-refractivity contribution is 6.32. The molecule has 0 amide bonds. The summed E-state index contributed by atoms with van der Waals surface area (Å²) in [5, 5.41) is 9.44. The number of hydrogen-bond donors (Lipinski definition) is 1. The third-order valence-electron chi connectivity index (χ3n) is 4.66. The van der Waals surface area contributed by atoms with E-state index in [2.05, 4.69) is 33.8 Å². The molecule has 20 heavy (non-hydrogen) atoms. The molecular weight excluding hydrogens is 272 g/mol. The molecular formula is C16H21ClN2O. The second-order valence-electron chi connectivity index (χ2n) is 6.78. The molecule has 0 aliphatic heterocycles. The van der Waals surface area contributed by atoms with Crippen LogP contribution in [0, 0.1) is 29.1 Å². The van der Waals surface area contributed by atoms with Gasteiger partial charge in [-0.3, -0.25) is 0 Å². The van der Waals surface area contributed by atoms with Crippen molar-refractivity contribution in [3.8, 4) is 11.8 Å². The summed E-state index contributed by atoms with van der Waals surface area (Å²) in [6.07, 6.45) is 0.0210. The largest absolute Gasteiger partial charge is 0.489 e. The molecule has 0 unspecified atom stereocenters. The summed E-state index contributed by atoms with van der Waals surface area (Å²) in [4.78, 5) is 0. The molecule has 0 atom stereocenters. The molecule has 0 saturated heterocycles. The summed E-state index contributed by atoms with van der Waals surface area (Å²) in [5.74, 6) is 0.729. The fraction of sp³-hybridized carbons (Fsp3) is 0.562. The molecule has 0 aromatic heterocycles. The Morgan fingerprint density at radius 3 is 2.30 bits per heavy atom. The second-order valence-corrected chi connectivity index (χ2v) is 7.16. The third-order valence-corrected chi connectivity index (χ3v) is 5.14. The molecule has 1 aromatic rings. The van der Waals surface area contributed by atoms with Crippen LogP contribution in [-0.4, -0.2) is 12.1 Å². The van der Waals surface area contributed by atoms with E-state index in [9.17, 15) is 0 Å². The van der Waals surface area contributed by atoms with Crippen molar-refractivity contribution in [3.63, 3.8) is 0 Å². The van der Waals surface area contributed by atoms with Gasteiger partial charge in [-0.2, -0.15) is 5.26 Å². The topological polar surface area (TPSA) is 59.0 Å². The Labute approximate surface area is 125 Å². The molecule has 0 bridgehead atoms. The molecule has 2 N–H and O–H groups in total. The summed E-state index contributed by atoms with van der Waals surface area (Å²) >= 11 is 6.19. The first-order valence-corrected chi connectivity index (χ1v) is 7.13. The molecule has 0 heterocycles. The minimum atomic E-state index is -0.0870. The molecule has 3 nitrogen and oxygen atoms in total. The van der Waals surface area contributed by atoms with Gasteiger partial charge in [-0.05, 0) is 19.1 Å². The zero-order chi connectivity index (χ0) is 15.3. The average Bonchev–Trinajstić information content (AvgIpc) is 2.39. The van der Waals surface area contributed by atoms with Crippen LogP contribution in [0.15, 0.2) is 12.1 Å². The van der Waals surface area contributed by atoms with E-state index in [1.54, 1.807) is 6.07 Å². The van der Waals surface area contributed by atoms with Crippen molar-refractivity contribution < 1.29 is 4.74 Å². The van der Waals surface area contributed by atoms with Crippen molar-refractivity contribution in [1.29, 1.82) is 5.26 Å². The van der Waals surface area contributed by atoms with Crippen molar-refractivity contribution in [2.24, 2.45) is 16.6 Å². The van der Waals surface area contributed by atoms with Crippen LogP contribution < -0.4 is 10.5 Å². The molecule has 1 saturated carbocycles. The van der Waals surface area contributed by atoms with Gasteiger partial charge in [0.05, 0.1) is 10.6 Å². The maximum atomic E-state index is 8.98. The fourth-order valence-electron chi connectivity index (χ4n) is 3.46. The second kappa shape index (κ2) is 4.65. The number of nitrogens with two attached hydrogens (primary N) is 1. The highest BCUT2D eigenvalue weighted by Gasteiger charge is 2.62. The van der Waals surface area contributed by atoms with Gasteiger partial charge in [-0.25, -0.2) is 0 Å². The number of rotatable bonds is 2. The number of benzene rings is 1. The van der Waals surface area contributed by atoms with Gasteiger partial charge in [0.1, 0.15) is 17.9 Å². The highest BCUT2D eigenvalue weighted by atomic mass is 35.5. The maximum Gasteiger partial charge on any atom is 0.124 e. The minimum Gasteiger partial charge on any atom is -0.489 e. The Bertz CT molecular complexity index is 571. The first-order chi connectivity index (χ1) is 9.14. The van der Waals surface area contributed by atoms with Crippen LogP contribution in [0.2, 0.25) is 5.02 Å². The van der Waals surface area contributed by atoms with Crippen molar-refractivity contribution in [2.75, 3.05) is 0 Å². The van der Waals surface area contributed by atoms with Gasteiger partial charge in [0.2, 0.25) is 0 Å². The summed E-state index contributed by atoms with van der Waals surface area (Å²) in [6.45, 7) is 10.3. The van der Waals surface area contributed by atoms with Crippen molar-refractivity contribution >= 4 is 11.6 Å². The van der Waals surface area contributed by atoms with Crippen LogP contribution in [-0.2, 0) is 0 Å². The SMILES string of the molecule is Cc1c(OC2C(C)(C)C(N)C2(C)C)ccc(C#N)c1Cl. The Morgan fingerprint density at radius 1 is 1.25 bits per heavy atom. The third kappa shape index (κ3) is 1.99. The number of ether oxygens (including phenoxy) is 1. The van der Waals surface area contributed by atoms with Crippen LogP contribution in [0.1, 0.15) is 38.8 Å². The van der Waals surface area contributed by atoms with E-state index in [4.69, 9.17) is 27.3 Å². The number of halogens is 1. The predicted molar refractivity (Wildman–Crippen MR) is 80.9 cm³/mol. The summed E-state index contributed by atoms with van der Waals surface area (Å²) in [5.41, 5.74) is 7.34. The van der Waals surface area contributed by atoms with E-state index < -0.39 is 0 Å². The lowest BCUT2D eigenvalue weighted by molar-refractivity contribution is -0.155. The number of hydrogen-bond acceptors (Lipinski definition) is 3.